The predicted molar refractivity (Wildman–Crippen MR) is 165 cm³/mol. The van der Waals surface area contributed by atoms with E-state index < -0.39 is 11.7 Å². The average Bonchev–Trinajstić information content (AvgIpc) is 2.92. The maximum Gasteiger partial charge on any atom is 0.412 e. The summed E-state index contributed by atoms with van der Waals surface area (Å²) < 4.78 is 10.9. The largest absolute Gasteiger partial charge is 0.444 e. The van der Waals surface area contributed by atoms with Crippen LogP contribution < -0.4 is 16.0 Å². The highest BCUT2D eigenvalue weighted by Gasteiger charge is 2.39. The molecule has 0 saturated carbocycles. The van der Waals surface area contributed by atoms with Crippen LogP contribution in [-0.4, -0.2) is 46.7 Å². The van der Waals surface area contributed by atoms with E-state index in [9.17, 15) is 14.4 Å². The first-order valence-electron chi connectivity index (χ1n) is 14.1. The maximum absolute atomic E-state index is 13.0. The second kappa shape index (κ2) is 13.0. The summed E-state index contributed by atoms with van der Waals surface area (Å²) in [4.78, 5) is 39.9. The highest BCUT2D eigenvalue weighted by Crippen LogP contribution is 2.31. The smallest absolute Gasteiger partial charge is 0.412 e. The van der Waals surface area contributed by atoms with E-state index in [-0.39, 0.29) is 30.2 Å². The minimum Gasteiger partial charge on any atom is -0.444 e. The number of benzene rings is 3. The van der Waals surface area contributed by atoms with Crippen LogP contribution in [0, 0.1) is 0 Å². The Kier molecular flexibility index (Phi) is 9.40. The van der Waals surface area contributed by atoms with Gasteiger partial charge in [0.1, 0.15) is 12.2 Å². The van der Waals surface area contributed by atoms with Crippen LogP contribution in [-0.2, 0) is 16.1 Å². The van der Waals surface area contributed by atoms with Gasteiger partial charge in [0.05, 0.1) is 11.4 Å². The maximum atomic E-state index is 13.0. The molecular formula is C33H40N4O5. The van der Waals surface area contributed by atoms with E-state index in [2.05, 4.69) is 16.0 Å². The van der Waals surface area contributed by atoms with Gasteiger partial charge in [-0.3, -0.25) is 10.1 Å². The third kappa shape index (κ3) is 8.49. The lowest BCUT2D eigenvalue weighted by molar-refractivity contribution is -0.00788. The SMILES string of the molecule is CC(C)(C)OC(=O)N1CCC(Nc2ccc(C(=O)Nc3ccccc3NC(=O)OCc3ccccc3)cc2)CC1(C)C. The summed E-state index contributed by atoms with van der Waals surface area (Å²) in [5, 5.41) is 9.11. The number of para-hydroxylation sites is 2. The number of ether oxygens (including phenoxy) is 2. The molecule has 1 aliphatic rings. The number of carbonyl (C=O) groups is 3. The lowest BCUT2D eigenvalue weighted by atomic mass is 9.87. The number of nitrogens with one attached hydrogen (secondary N) is 3. The van der Waals surface area contributed by atoms with Gasteiger partial charge in [0.2, 0.25) is 0 Å². The van der Waals surface area contributed by atoms with Crippen LogP contribution in [0.4, 0.5) is 26.7 Å². The van der Waals surface area contributed by atoms with Crippen molar-refractivity contribution in [2.75, 3.05) is 22.5 Å². The van der Waals surface area contributed by atoms with Crippen molar-refractivity contribution < 1.29 is 23.9 Å². The first-order valence-corrected chi connectivity index (χ1v) is 14.1. The summed E-state index contributed by atoms with van der Waals surface area (Å²) in [6.45, 7) is 10.4. The topological polar surface area (TPSA) is 109 Å². The van der Waals surface area contributed by atoms with Crippen molar-refractivity contribution in [2.24, 2.45) is 0 Å². The molecule has 0 aliphatic carbocycles. The molecule has 1 unspecified atom stereocenters. The molecule has 1 saturated heterocycles. The van der Waals surface area contributed by atoms with Crippen molar-refractivity contribution in [3.63, 3.8) is 0 Å². The number of likely N-dealkylation sites (tertiary alicyclic amines) is 1. The molecule has 1 atom stereocenters. The van der Waals surface area contributed by atoms with E-state index in [1.807, 2.05) is 77.1 Å². The Balaban J connectivity index is 1.31. The van der Waals surface area contributed by atoms with Gasteiger partial charge in [-0.2, -0.15) is 0 Å². The molecule has 1 fully saturated rings. The van der Waals surface area contributed by atoms with Crippen molar-refractivity contribution in [2.45, 2.75) is 71.2 Å². The number of piperidine rings is 1. The summed E-state index contributed by atoms with van der Waals surface area (Å²) in [5.74, 6) is -0.305. The number of amides is 3. The highest BCUT2D eigenvalue weighted by atomic mass is 16.6. The second-order valence-electron chi connectivity index (χ2n) is 12.0. The van der Waals surface area contributed by atoms with Crippen molar-refractivity contribution in [3.05, 3.63) is 90.0 Å². The fourth-order valence-electron chi connectivity index (χ4n) is 4.90. The van der Waals surface area contributed by atoms with Gasteiger partial charge in [-0.1, -0.05) is 42.5 Å². The quantitative estimate of drug-likeness (QED) is 0.275. The normalized spacial score (nSPS) is 16.2. The molecule has 3 N–H and O–H groups in total. The summed E-state index contributed by atoms with van der Waals surface area (Å²) in [7, 11) is 0. The molecule has 0 spiro atoms. The third-order valence-corrected chi connectivity index (χ3v) is 6.93. The Morgan fingerprint density at radius 2 is 1.50 bits per heavy atom. The number of hydrogen-bond acceptors (Lipinski definition) is 6. The highest BCUT2D eigenvalue weighted by molar-refractivity contribution is 6.07. The van der Waals surface area contributed by atoms with Crippen LogP contribution in [0.3, 0.4) is 0 Å². The molecule has 4 rings (SSSR count). The molecule has 3 aromatic rings. The summed E-state index contributed by atoms with van der Waals surface area (Å²) in [5.41, 5.74) is 2.23. The monoisotopic (exact) mass is 572 g/mol. The lowest BCUT2D eigenvalue weighted by Crippen LogP contribution is -2.56. The molecular weight excluding hydrogens is 532 g/mol. The van der Waals surface area contributed by atoms with Crippen LogP contribution in [0.5, 0.6) is 0 Å². The number of rotatable bonds is 7. The van der Waals surface area contributed by atoms with E-state index in [4.69, 9.17) is 9.47 Å². The van der Waals surface area contributed by atoms with Crippen LogP contribution in [0.25, 0.3) is 0 Å². The van der Waals surface area contributed by atoms with E-state index in [0.29, 0.717) is 23.5 Å². The van der Waals surface area contributed by atoms with Crippen molar-refractivity contribution in [3.8, 4) is 0 Å². The Labute approximate surface area is 247 Å². The van der Waals surface area contributed by atoms with Crippen molar-refractivity contribution in [1.29, 1.82) is 0 Å². The second-order valence-corrected chi connectivity index (χ2v) is 12.0. The zero-order chi connectivity index (χ0) is 30.3. The molecule has 42 heavy (non-hydrogen) atoms. The molecule has 0 aromatic heterocycles. The van der Waals surface area contributed by atoms with Gasteiger partial charge in [-0.25, -0.2) is 9.59 Å². The Morgan fingerprint density at radius 3 is 2.12 bits per heavy atom. The minimum atomic E-state index is -0.615. The standard InChI is InChI=1S/C33H40N4O5/c1-32(2,3)42-31(40)37-20-19-26(21-33(37,4)5)34-25-17-15-24(16-18-25)29(38)35-27-13-9-10-14-28(27)36-30(39)41-22-23-11-7-6-8-12-23/h6-18,26,34H,19-22H2,1-5H3,(H,35,38)(H,36,39). The molecule has 1 heterocycles. The van der Waals surface area contributed by atoms with Crippen molar-refractivity contribution in [1.82, 2.24) is 4.90 Å². The summed E-state index contributed by atoms with van der Waals surface area (Å²) in [6.07, 6.45) is 0.632. The van der Waals surface area contributed by atoms with Gasteiger partial charge in [-0.05, 0) is 89.4 Å². The zero-order valence-electron chi connectivity index (χ0n) is 24.9. The molecule has 1 aliphatic heterocycles. The van der Waals surface area contributed by atoms with Gasteiger partial charge in [-0.15, -0.1) is 0 Å². The Bertz CT molecular complexity index is 1380. The summed E-state index contributed by atoms with van der Waals surface area (Å²) >= 11 is 0. The van der Waals surface area contributed by atoms with Gasteiger partial charge in [0, 0.05) is 29.4 Å². The fourth-order valence-corrected chi connectivity index (χ4v) is 4.90. The van der Waals surface area contributed by atoms with Crippen LogP contribution >= 0.6 is 0 Å². The fraction of sp³-hybridized carbons (Fsp3) is 0.364. The number of nitrogens with zero attached hydrogens (tertiary/aromatic N) is 1. The molecule has 3 aromatic carbocycles. The predicted octanol–water partition coefficient (Wildman–Crippen LogP) is 7.28. The minimum absolute atomic E-state index is 0.141. The van der Waals surface area contributed by atoms with E-state index in [1.165, 1.54) is 0 Å². The molecule has 222 valence electrons. The summed E-state index contributed by atoms with van der Waals surface area (Å²) in [6, 6.07) is 23.8. The van der Waals surface area contributed by atoms with Crippen LogP contribution in [0.2, 0.25) is 0 Å². The van der Waals surface area contributed by atoms with Gasteiger partial charge in [0.15, 0.2) is 0 Å². The van der Waals surface area contributed by atoms with E-state index >= 15 is 0 Å². The van der Waals surface area contributed by atoms with Gasteiger partial charge >= 0.3 is 12.2 Å². The third-order valence-electron chi connectivity index (χ3n) is 6.93. The molecule has 9 nitrogen and oxygen atoms in total. The first-order chi connectivity index (χ1) is 19.9. The Hall–Kier alpha value is -4.53. The van der Waals surface area contributed by atoms with Gasteiger partial charge < -0.3 is 25.0 Å². The zero-order valence-corrected chi connectivity index (χ0v) is 24.9. The number of hydrogen-bond donors (Lipinski definition) is 3. The number of anilines is 3. The van der Waals surface area contributed by atoms with Gasteiger partial charge in [0.25, 0.3) is 5.91 Å². The van der Waals surface area contributed by atoms with Crippen LogP contribution in [0.15, 0.2) is 78.9 Å². The van der Waals surface area contributed by atoms with Crippen molar-refractivity contribution >= 4 is 35.2 Å². The molecule has 3 amide bonds. The molecule has 9 heteroatoms. The number of carbonyl (C=O) groups excluding carboxylic acids is 3. The first kappa shape index (κ1) is 30.4. The van der Waals surface area contributed by atoms with E-state index in [1.54, 1.807) is 41.3 Å². The molecule has 0 bridgehead atoms. The Morgan fingerprint density at radius 1 is 0.881 bits per heavy atom. The van der Waals surface area contributed by atoms with E-state index in [0.717, 1.165) is 24.1 Å². The van der Waals surface area contributed by atoms with Crippen LogP contribution in [0.1, 0.15) is 63.4 Å². The molecule has 0 radical (unpaired) electrons. The lowest BCUT2D eigenvalue weighted by Gasteiger charge is -2.46. The average molecular weight is 573 g/mol.